The minimum Gasteiger partial charge on any atom is -0.496 e. The highest BCUT2D eigenvalue weighted by atomic mass is 79.9. The summed E-state index contributed by atoms with van der Waals surface area (Å²) in [5.74, 6) is -0.164. The van der Waals surface area contributed by atoms with Gasteiger partial charge in [0.1, 0.15) is 5.75 Å². The Kier molecular flexibility index (Phi) is 6.25. The number of halogens is 4. The molecule has 0 radical (unpaired) electrons. The van der Waals surface area contributed by atoms with Gasteiger partial charge in [-0.15, -0.1) is 0 Å². The van der Waals surface area contributed by atoms with Gasteiger partial charge < -0.3 is 10.1 Å². The molecular weight excluding hydrogens is 433 g/mol. The van der Waals surface area contributed by atoms with E-state index in [4.69, 9.17) is 17.0 Å². The van der Waals surface area contributed by atoms with Crippen LogP contribution in [-0.4, -0.2) is 18.1 Å². The Hall–Kier alpha value is -2.13. The molecule has 0 aromatic heterocycles. The molecule has 138 valence electrons. The van der Waals surface area contributed by atoms with E-state index in [-0.39, 0.29) is 16.4 Å². The van der Waals surface area contributed by atoms with Crippen LogP contribution in [0, 0.1) is 6.92 Å². The smallest absolute Gasteiger partial charge is 0.416 e. The van der Waals surface area contributed by atoms with Crippen molar-refractivity contribution in [3.8, 4) is 5.75 Å². The fraction of sp³-hybridized carbons (Fsp3) is 0.176. The summed E-state index contributed by atoms with van der Waals surface area (Å²) in [5.41, 5.74) is 0.278. The molecule has 0 spiro atoms. The van der Waals surface area contributed by atoms with Crippen LogP contribution in [0.5, 0.6) is 5.75 Å². The van der Waals surface area contributed by atoms with E-state index < -0.39 is 17.6 Å². The number of carbonyl (C=O) groups excluding carboxylic acids is 1. The fourth-order valence-electron chi connectivity index (χ4n) is 2.28. The van der Waals surface area contributed by atoms with Crippen molar-refractivity contribution < 1.29 is 22.7 Å². The van der Waals surface area contributed by atoms with Crippen molar-refractivity contribution in [2.24, 2.45) is 0 Å². The normalized spacial score (nSPS) is 11.0. The van der Waals surface area contributed by atoms with Gasteiger partial charge in [0.05, 0.1) is 18.2 Å². The lowest BCUT2D eigenvalue weighted by Crippen LogP contribution is -2.34. The lowest BCUT2D eigenvalue weighted by molar-refractivity contribution is -0.137. The topological polar surface area (TPSA) is 50.4 Å². The summed E-state index contributed by atoms with van der Waals surface area (Å²) in [6.07, 6.45) is -4.47. The van der Waals surface area contributed by atoms with E-state index in [9.17, 15) is 18.0 Å². The largest absolute Gasteiger partial charge is 0.496 e. The number of nitrogens with one attached hydrogen (secondary N) is 2. The minimum absolute atomic E-state index is 0.113. The summed E-state index contributed by atoms with van der Waals surface area (Å²) < 4.78 is 44.2. The van der Waals surface area contributed by atoms with Crippen molar-refractivity contribution in [1.82, 2.24) is 5.32 Å². The van der Waals surface area contributed by atoms with Gasteiger partial charge in [-0.25, -0.2) is 0 Å². The van der Waals surface area contributed by atoms with E-state index in [0.717, 1.165) is 17.7 Å². The van der Waals surface area contributed by atoms with Crippen LogP contribution in [0.2, 0.25) is 0 Å². The zero-order chi connectivity index (χ0) is 19.5. The zero-order valence-electron chi connectivity index (χ0n) is 13.7. The van der Waals surface area contributed by atoms with E-state index in [2.05, 4.69) is 26.6 Å². The third-order valence-corrected chi connectivity index (χ3v) is 4.02. The molecule has 9 heteroatoms. The first-order valence-corrected chi connectivity index (χ1v) is 8.45. The van der Waals surface area contributed by atoms with E-state index >= 15 is 0 Å². The number of aryl methyl sites for hydroxylation is 1. The molecule has 2 aromatic carbocycles. The van der Waals surface area contributed by atoms with E-state index in [0.29, 0.717) is 10.2 Å². The van der Waals surface area contributed by atoms with Crippen LogP contribution in [0.25, 0.3) is 0 Å². The second-order valence-electron chi connectivity index (χ2n) is 5.29. The number of hydrogen-bond donors (Lipinski definition) is 2. The first kappa shape index (κ1) is 20.2. The van der Waals surface area contributed by atoms with Crippen LogP contribution in [0.1, 0.15) is 21.5 Å². The Morgan fingerprint density at radius 1 is 1.23 bits per heavy atom. The van der Waals surface area contributed by atoms with Crippen LogP contribution in [0.15, 0.2) is 40.9 Å². The maximum absolute atomic E-state index is 12.7. The van der Waals surface area contributed by atoms with Gasteiger partial charge in [0.2, 0.25) is 0 Å². The average Bonchev–Trinajstić information content (AvgIpc) is 2.53. The van der Waals surface area contributed by atoms with Gasteiger partial charge in [-0.1, -0.05) is 22.0 Å². The Bertz CT molecular complexity index is 856. The Balaban J connectivity index is 2.15. The van der Waals surface area contributed by atoms with Gasteiger partial charge in [0.15, 0.2) is 5.11 Å². The molecule has 0 heterocycles. The van der Waals surface area contributed by atoms with E-state index in [1.54, 1.807) is 19.1 Å². The molecule has 0 saturated carbocycles. The Morgan fingerprint density at radius 3 is 2.54 bits per heavy atom. The number of anilines is 1. The number of methoxy groups -OCH3 is 1. The standard InChI is InChI=1S/C17H14BrF3N2O2S/c1-9-6-11(18)8-13(14(9)25-2)15(24)23-16(26)22-12-5-3-4-10(7-12)17(19,20)21/h3-8H,1-2H3,(H2,22,23,24,26). The predicted molar refractivity (Wildman–Crippen MR) is 101 cm³/mol. The van der Waals surface area contributed by atoms with Crippen molar-refractivity contribution >= 4 is 44.9 Å². The molecule has 4 nitrogen and oxygen atoms in total. The number of rotatable bonds is 3. The van der Waals surface area contributed by atoms with Gasteiger partial charge >= 0.3 is 6.18 Å². The Morgan fingerprint density at radius 2 is 1.92 bits per heavy atom. The van der Waals surface area contributed by atoms with Crippen molar-refractivity contribution in [3.05, 3.63) is 57.6 Å². The first-order valence-electron chi connectivity index (χ1n) is 7.25. The molecule has 26 heavy (non-hydrogen) atoms. The average molecular weight is 447 g/mol. The van der Waals surface area contributed by atoms with Gasteiger partial charge in [-0.05, 0) is 55.0 Å². The number of amides is 1. The molecule has 0 bridgehead atoms. The highest BCUT2D eigenvalue weighted by Crippen LogP contribution is 2.31. The van der Waals surface area contributed by atoms with E-state index in [1.165, 1.54) is 19.2 Å². The minimum atomic E-state index is -4.47. The zero-order valence-corrected chi connectivity index (χ0v) is 16.1. The molecule has 0 aliphatic rings. The lowest BCUT2D eigenvalue weighted by Gasteiger charge is -2.14. The molecule has 2 N–H and O–H groups in total. The highest BCUT2D eigenvalue weighted by Gasteiger charge is 2.30. The molecule has 0 aliphatic carbocycles. The van der Waals surface area contributed by atoms with Gasteiger partial charge in [-0.3, -0.25) is 10.1 Å². The first-order chi connectivity index (χ1) is 12.1. The predicted octanol–water partition coefficient (Wildman–Crippen LogP) is 4.91. The summed E-state index contributed by atoms with van der Waals surface area (Å²) in [6, 6.07) is 7.86. The molecule has 0 aliphatic heterocycles. The second-order valence-corrected chi connectivity index (χ2v) is 6.61. The summed E-state index contributed by atoms with van der Waals surface area (Å²) in [5, 5.41) is 4.87. The quantitative estimate of drug-likeness (QED) is 0.657. The van der Waals surface area contributed by atoms with Gasteiger partial charge in [-0.2, -0.15) is 13.2 Å². The highest BCUT2D eigenvalue weighted by molar-refractivity contribution is 9.10. The third-order valence-electron chi connectivity index (χ3n) is 3.36. The maximum atomic E-state index is 12.7. The Labute approximate surface area is 161 Å². The van der Waals surface area contributed by atoms with Crippen molar-refractivity contribution in [2.75, 3.05) is 12.4 Å². The molecule has 2 aromatic rings. The molecule has 0 saturated heterocycles. The van der Waals surface area contributed by atoms with Crippen LogP contribution < -0.4 is 15.4 Å². The van der Waals surface area contributed by atoms with Crippen LogP contribution >= 0.6 is 28.1 Å². The van der Waals surface area contributed by atoms with Gasteiger partial charge in [0.25, 0.3) is 5.91 Å². The molecular formula is C17H14BrF3N2O2S. The number of benzene rings is 2. The SMILES string of the molecule is COc1c(C)cc(Br)cc1C(=O)NC(=S)Nc1cccc(C(F)(F)F)c1. The van der Waals surface area contributed by atoms with Crippen LogP contribution in [-0.2, 0) is 6.18 Å². The molecule has 1 amide bonds. The van der Waals surface area contributed by atoms with Crippen LogP contribution in [0.3, 0.4) is 0 Å². The summed E-state index contributed by atoms with van der Waals surface area (Å²) in [4.78, 5) is 12.4. The number of carbonyl (C=O) groups is 1. The number of alkyl halides is 3. The maximum Gasteiger partial charge on any atom is 0.416 e. The molecule has 0 unspecified atom stereocenters. The lowest BCUT2D eigenvalue weighted by atomic mass is 10.1. The van der Waals surface area contributed by atoms with Crippen molar-refractivity contribution in [3.63, 3.8) is 0 Å². The summed E-state index contributed by atoms with van der Waals surface area (Å²) in [7, 11) is 1.44. The van der Waals surface area contributed by atoms with Crippen LogP contribution in [0.4, 0.5) is 18.9 Å². The summed E-state index contributed by atoms with van der Waals surface area (Å²) in [6.45, 7) is 1.78. The summed E-state index contributed by atoms with van der Waals surface area (Å²) >= 11 is 8.32. The van der Waals surface area contributed by atoms with Crippen molar-refractivity contribution in [2.45, 2.75) is 13.1 Å². The fourth-order valence-corrected chi connectivity index (χ4v) is 3.06. The monoisotopic (exact) mass is 446 g/mol. The molecule has 2 rings (SSSR count). The number of hydrogen-bond acceptors (Lipinski definition) is 3. The second kappa shape index (κ2) is 8.05. The van der Waals surface area contributed by atoms with Crippen molar-refractivity contribution in [1.29, 1.82) is 0 Å². The molecule has 0 atom stereocenters. The van der Waals surface area contributed by atoms with Gasteiger partial charge in [0, 0.05) is 10.2 Å². The third kappa shape index (κ3) is 4.95. The van der Waals surface area contributed by atoms with E-state index in [1.807, 2.05) is 0 Å². The number of ether oxygens (including phenoxy) is 1. The number of thiocarbonyl (C=S) groups is 1. The molecule has 0 fully saturated rings.